The van der Waals surface area contributed by atoms with Gasteiger partial charge in [-0.2, -0.15) is 4.39 Å². The third-order valence-corrected chi connectivity index (χ3v) is 4.65. The molecule has 5 nitrogen and oxygen atoms in total. The van der Waals surface area contributed by atoms with Crippen molar-refractivity contribution in [2.75, 3.05) is 13.1 Å². The Morgan fingerprint density at radius 3 is 2.33 bits per heavy atom. The van der Waals surface area contributed by atoms with Gasteiger partial charge in [-0.05, 0) is 52.7 Å². The number of hydrogen-bond donors (Lipinski definition) is 0. The Bertz CT molecular complexity index is 781. The van der Waals surface area contributed by atoms with E-state index in [-0.39, 0.29) is 18.3 Å². The predicted octanol–water partition coefficient (Wildman–Crippen LogP) is 5.88. The molecule has 166 valence electrons. The van der Waals surface area contributed by atoms with Crippen LogP contribution in [0.4, 0.5) is 9.18 Å². The average Bonchev–Trinajstić information content (AvgIpc) is 2.61. The summed E-state index contributed by atoms with van der Waals surface area (Å²) in [6, 6.07) is 6.03. The van der Waals surface area contributed by atoms with Crippen molar-refractivity contribution in [3.05, 3.63) is 58.9 Å². The zero-order valence-corrected chi connectivity index (χ0v) is 19.4. The van der Waals surface area contributed by atoms with Gasteiger partial charge in [0.15, 0.2) is 0 Å². The zero-order chi connectivity index (χ0) is 23.1. The molecule has 2 rings (SSSR count). The van der Waals surface area contributed by atoms with Crippen molar-refractivity contribution in [3.8, 4) is 0 Å². The van der Waals surface area contributed by atoms with Gasteiger partial charge in [0.2, 0.25) is 0 Å². The van der Waals surface area contributed by atoms with Crippen molar-refractivity contribution >= 4 is 23.7 Å². The number of allylic oxidation sites excluding steroid dienone is 2. The van der Waals surface area contributed by atoms with Crippen LogP contribution >= 0.6 is 11.6 Å². The minimum Gasteiger partial charge on any atom is -0.444 e. The first-order chi connectivity index (χ1) is 13.9. The highest BCUT2D eigenvalue weighted by atomic mass is 35.5. The lowest BCUT2D eigenvalue weighted by atomic mass is 10.1. The average molecular weight is 439 g/mol. The normalized spacial score (nSPS) is 17.3. The molecule has 0 N–H and O–H groups in total. The van der Waals surface area contributed by atoms with Crippen LogP contribution in [0.15, 0.2) is 48.3 Å². The van der Waals surface area contributed by atoms with Gasteiger partial charge in [0, 0.05) is 23.3 Å². The third-order valence-electron chi connectivity index (χ3n) is 4.23. The van der Waals surface area contributed by atoms with Crippen LogP contribution in [0.2, 0.25) is 5.02 Å². The lowest BCUT2D eigenvalue weighted by Crippen LogP contribution is -2.53. The molecule has 0 aromatic heterocycles. The second-order valence-electron chi connectivity index (χ2n) is 8.17. The highest BCUT2D eigenvalue weighted by Crippen LogP contribution is 2.25. The minimum absolute atomic E-state index is 0.0103. The van der Waals surface area contributed by atoms with E-state index < -0.39 is 17.7 Å². The van der Waals surface area contributed by atoms with E-state index in [0.717, 1.165) is 10.6 Å². The topological polar surface area (TPSA) is 49.9 Å². The number of rotatable bonds is 3. The lowest BCUT2D eigenvalue weighted by Gasteiger charge is -2.42. The maximum atomic E-state index is 13.3. The number of carbonyl (C=O) groups excluding carboxylic acids is 2. The summed E-state index contributed by atoms with van der Waals surface area (Å²) in [5, 5.41) is 0.840. The Morgan fingerprint density at radius 2 is 1.93 bits per heavy atom. The third kappa shape index (κ3) is 7.82. The van der Waals surface area contributed by atoms with Gasteiger partial charge >= 0.3 is 12.1 Å². The molecule has 1 heterocycles. The number of piperazine rings is 1. The summed E-state index contributed by atoms with van der Waals surface area (Å²) in [6.07, 6.45) is 1.64. The molecule has 1 aromatic carbocycles. The van der Waals surface area contributed by atoms with Crippen LogP contribution in [0, 0.1) is 6.92 Å². The van der Waals surface area contributed by atoms with Gasteiger partial charge in [-0.1, -0.05) is 49.4 Å². The number of amides is 1. The fraction of sp³-hybridized carbons (Fsp3) is 0.478. The van der Waals surface area contributed by atoms with E-state index in [0.29, 0.717) is 18.7 Å². The van der Waals surface area contributed by atoms with Gasteiger partial charge < -0.3 is 14.5 Å². The molecule has 0 radical (unpaired) electrons. The predicted molar refractivity (Wildman–Crippen MR) is 119 cm³/mol. The minimum atomic E-state index is -1.49. The summed E-state index contributed by atoms with van der Waals surface area (Å²) in [6.45, 7) is 15.4. The molecule has 1 aromatic rings. The van der Waals surface area contributed by atoms with Gasteiger partial charge in [-0.25, -0.2) is 4.79 Å². The number of hydrogen-bond acceptors (Lipinski definition) is 4. The van der Waals surface area contributed by atoms with Crippen LogP contribution in [0.5, 0.6) is 0 Å². The fourth-order valence-electron chi connectivity index (χ4n) is 2.96. The van der Waals surface area contributed by atoms with E-state index in [1.54, 1.807) is 25.7 Å². The largest absolute Gasteiger partial charge is 0.444 e. The lowest BCUT2D eigenvalue weighted by molar-refractivity contribution is -0.127. The van der Waals surface area contributed by atoms with Crippen LogP contribution in [0.3, 0.4) is 0 Å². The first kappa shape index (κ1) is 25.7. The summed E-state index contributed by atoms with van der Waals surface area (Å²) in [4.78, 5) is 26.4. The molecule has 1 aliphatic rings. The Balaban J connectivity index is 0.000000467. The Hall–Kier alpha value is -2.34. The molecule has 1 fully saturated rings. The van der Waals surface area contributed by atoms with Gasteiger partial charge in [0.1, 0.15) is 11.3 Å². The summed E-state index contributed by atoms with van der Waals surface area (Å²) >= 11 is 5.71. The standard InChI is InChI=1S/C16H25FN2O3.C7H7Cl/c1-7-8-13(14(17)20)19-11(2)9-18(10-12(19)3)15(21)22-16(4,5)6;1-6-4-2-3-5-7(6)8/h8,12H,2,7,9-10H2,1,3-6H3;2-5H,1H3/b13-8-;. The molecule has 30 heavy (non-hydrogen) atoms. The molecule has 0 bridgehead atoms. The van der Waals surface area contributed by atoms with Crippen LogP contribution in [0.25, 0.3) is 0 Å². The van der Waals surface area contributed by atoms with Crippen molar-refractivity contribution in [1.29, 1.82) is 0 Å². The SMILES string of the molecule is C=C1CN(C(=O)OC(C)(C)C)CC(C)N1/C(=C\CC)C(=O)F.Cc1ccccc1Cl. The van der Waals surface area contributed by atoms with Crippen molar-refractivity contribution < 1.29 is 18.7 Å². The number of benzene rings is 1. The van der Waals surface area contributed by atoms with E-state index in [2.05, 4.69) is 6.58 Å². The second-order valence-corrected chi connectivity index (χ2v) is 8.57. The molecular formula is C23H32ClFN2O3. The van der Waals surface area contributed by atoms with Gasteiger partial charge in [0.25, 0.3) is 0 Å². The molecule has 1 saturated heterocycles. The number of aryl methyl sites for hydroxylation is 1. The summed E-state index contributed by atoms with van der Waals surface area (Å²) in [5.74, 6) is 0. The number of ether oxygens (including phenoxy) is 1. The molecule has 1 amide bonds. The van der Waals surface area contributed by atoms with Crippen LogP contribution in [-0.4, -0.2) is 46.7 Å². The monoisotopic (exact) mass is 438 g/mol. The fourth-order valence-corrected chi connectivity index (χ4v) is 3.10. The quantitative estimate of drug-likeness (QED) is 0.436. The molecule has 0 saturated carbocycles. The number of halogens is 2. The van der Waals surface area contributed by atoms with Crippen molar-refractivity contribution in [2.24, 2.45) is 0 Å². The number of carbonyl (C=O) groups is 2. The maximum absolute atomic E-state index is 13.3. The van der Waals surface area contributed by atoms with Crippen LogP contribution in [0.1, 0.15) is 46.6 Å². The highest BCUT2D eigenvalue weighted by Gasteiger charge is 2.34. The Kier molecular flexibility index (Phi) is 9.56. The van der Waals surface area contributed by atoms with Crippen molar-refractivity contribution in [1.82, 2.24) is 9.80 Å². The molecule has 0 aliphatic carbocycles. The van der Waals surface area contributed by atoms with Crippen LogP contribution < -0.4 is 0 Å². The highest BCUT2D eigenvalue weighted by molar-refractivity contribution is 6.31. The first-order valence-corrected chi connectivity index (χ1v) is 10.3. The van der Waals surface area contributed by atoms with Gasteiger partial charge in [0.05, 0.1) is 6.54 Å². The number of nitrogens with zero attached hydrogens (tertiary/aromatic N) is 2. The zero-order valence-electron chi connectivity index (χ0n) is 18.7. The van der Waals surface area contributed by atoms with E-state index >= 15 is 0 Å². The smallest absolute Gasteiger partial charge is 0.410 e. The van der Waals surface area contributed by atoms with Crippen LogP contribution in [-0.2, 0) is 9.53 Å². The first-order valence-electron chi connectivity index (χ1n) is 9.93. The molecule has 1 aliphatic heterocycles. The summed E-state index contributed by atoms with van der Waals surface area (Å²) < 4.78 is 18.6. The second kappa shape index (κ2) is 11.2. The molecule has 0 spiro atoms. The summed E-state index contributed by atoms with van der Waals surface area (Å²) in [7, 11) is 0. The summed E-state index contributed by atoms with van der Waals surface area (Å²) in [5.41, 5.74) is 1.04. The van der Waals surface area contributed by atoms with Gasteiger partial charge in [-0.3, -0.25) is 4.79 Å². The molecule has 7 heteroatoms. The molecule has 1 unspecified atom stereocenters. The van der Waals surface area contributed by atoms with E-state index in [1.807, 2.05) is 45.0 Å². The van der Waals surface area contributed by atoms with E-state index in [4.69, 9.17) is 16.3 Å². The van der Waals surface area contributed by atoms with Gasteiger partial charge in [-0.15, -0.1) is 0 Å². The Labute approximate surface area is 184 Å². The van der Waals surface area contributed by atoms with E-state index in [1.165, 1.54) is 11.0 Å². The van der Waals surface area contributed by atoms with E-state index in [9.17, 15) is 14.0 Å². The molecular weight excluding hydrogens is 407 g/mol. The Morgan fingerprint density at radius 1 is 1.33 bits per heavy atom. The van der Waals surface area contributed by atoms with Crippen molar-refractivity contribution in [2.45, 2.75) is 59.6 Å². The maximum Gasteiger partial charge on any atom is 0.410 e. The molecule has 1 atom stereocenters. The van der Waals surface area contributed by atoms with Crippen molar-refractivity contribution in [3.63, 3.8) is 0 Å².